The van der Waals surface area contributed by atoms with Gasteiger partial charge in [0.05, 0.1) is 5.02 Å². The molecular weight excluding hydrogens is 288 g/mol. The van der Waals surface area contributed by atoms with Crippen LogP contribution in [0.3, 0.4) is 0 Å². The standard InChI is InChI=1S/C16H21ClN2O2/c1-19-12-3-2-4-13(19)9-11(8-12)18-16(21)10-5-6-15(20)14(17)7-10/h5-7,11-13,20H,2-4,8-9H2,1H3,(H,18,21). The molecule has 0 spiro atoms. The van der Waals surface area contributed by atoms with Crippen molar-refractivity contribution in [2.24, 2.45) is 0 Å². The maximum atomic E-state index is 12.3. The van der Waals surface area contributed by atoms with Crippen molar-refractivity contribution < 1.29 is 9.90 Å². The lowest BCUT2D eigenvalue weighted by molar-refractivity contribution is 0.0463. The van der Waals surface area contributed by atoms with Gasteiger partial charge in [-0.05, 0) is 50.9 Å². The molecular formula is C16H21ClN2O2. The molecule has 0 radical (unpaired) electrons. The molecule has 1 aromatic carbocycles. The van der Waals surface area contributed by atoms with Crippen LogP contribution in [0.1, 0.15) is 42.5 Å². The summed E-state index contributed by atoms with van der Waals surface area (Å²) in [5.41, 5.74) is 0.502. The van der Waals surface area contributed by atoms with Crippen LogP contribution in [-0.2, 0) is 0 Å². The number of fused-ring (bicyclic) bond motifs is 2. The maximum Gasteiger partial charge on any atom is 0.251 e. The molecule has 2 bridgehead atoms. The second-order valence-corrected chi connectivity index (χ2v) is 6.62. The van der Waals surface area contributed by atoms with Gasteiger partial charge in [0.2, 0.25) is 0 Å². The molecule has 5 heteroatoms. The molecule has 0 aromatic heterocycles. The average molecular weight is 309 g/mol. The summed E-state index contributed by atoms with van der Waals surface area (Å²) in [6.45, 7) is 0. The molecule has 0 saturated carbocycles. The zero-order chi connectivity index (χ0) is 15.0. The summed E-state index contributed by atoms with van der Waals surface area (Å²) >= 11 is 5.86. The first-order valence-electron chi connectivity index (χ1n) is 7.56. The van der Waals surface area contributed by atoms with E-state index < -0.39 is 0 Å². The Labute approximate surface area is 130 Å². The number of aromatic hydroxyl groups is 1. The number of benzene rings is 1. The van der Waals surface area contributed by atoms with E-state index in [0.717, 1.165) is 12.8 Å². The highest BCUT2D eigenvalue weighted by Gasteiger charge is 2.36. The number of amides is 1. The summed E-state index contributed by atoms with van der Waals surface area (Å²) in [6, 6.07) is 5.99. The number of carbonyl (C=O) groups excluding carboxylic acids is 1. The van der Waals surface area contributed by atoms with Gasteiger partial charge >= 0.3 is 0 Å². The molecule has 2 unspecified atom stereocenters. The number of nitrogens with zero attached hydrogens (tertiary/aromatic N) is 1. The van der Waals surface area contributed by atoms with Gasteiger partial charge in [-0.15, -0.1) is 0 Å². The van der Waals surface area contributed by atoms with Gasteiger partial charge in [0, 0.05) is 23.7 Å². The molecule has 2 atom stereocenters. The number of piperidine rings is 2. The minimum Gasteiger partial charge on any atom is -0.506 e. The van der Waals surface area contributed by atoms with Crippen LogP contribution in [0, 0.1) is 0 Å². The number of nitrogens with one attached hydrogen (secondary N) is 1. The van der Waals surface area contributed by atoms with E-state index in [1.807, 2.05) is 0 Å². The topological polar surface area (TPSA) is 52.6 Å². The second kappa shape index (κ2) is 5.85. The monoisotopic (exact) mass is 308 g/mol. The average Bonchev–Trinajstić information content (AvgIpc) is 2.43. The highest BCUT2D eigenvalue weighted by Crippen LogP contribution is 2.32. The highest BCUT2D eigenvalue weighted by molar-refractivity contribution is 6.32. The minimum atomic E-state index is -0.107. The van der Waals surface area contributed by atoms with Crippen LogP contribution in [0.4, 0.5) is 0 Å². The Morgan fingerprint density at radius 2 is 2.00 bits per heavy atom. The van der Waals surface area contributed by atoms with Crippen LogP contribution in [0.25, 0.3) is 0 Å². The normalized spacial score (nSPS) is 29.1. The summed E-state index contributed by atoms with van der Waals surface area (Å²) in [5, 5.41) is 12.8. The summed E-state index contributed by atoms with van der Waals surface area (Å²) in [6.07, 6.45) is 5.79. The molecule has 1 amide bonds. The summed E-state index contributed by atoms with van der Waals surface area (Å²) < 4.78 is 0. The number of hydrogen-bond acceptors (Lipinski definition) is 3. The minimum absolute atomic E-state index is 0.00189. The predicted octanol–water partition coefficient (Wildman–Crippen LogP) is 2.79. The Hall–Kier alpha value is -1.26. The molecule has 2 aliphatic heterocycles. The van der Waals surface area contributed by atoms with Crippen molar-refractivity contribution in [1.29, 1.82) is 0 Å². The SMILES string of the molecule is CN1C2CCCC1CC(NC(=O)c1ccc(O)c(Cl)c1)C2. The van der Waals surface area contributed by atoms with E-state index in [9.17, 15) is 9.90 Å². The van der Waals surface area contributed by atoms with Crippen molar-refractivity contribution in [2.45, 2.75) is 50.2 Å². The molecule has 0 aliphatic carbocycles. The zero-order valence-electron chi connectivity index (χ0n) is 12.2. The fraction of sp³-hybridized carbons (Fsp3) is 0.562. The number of halogens is 1. The second-order valence-electron chi connectivity index (χ2n) is 6.21. The first-order chi connectivity index (χ1) is 10.0. The Morgan fingerprint density at radius 1 is 1.33 bits per heavy atom. The van der Waals surface area contributed by atoms with Crippen LogP contribution in [0.15, 0.2) is 18.2 Å². The molecule has 2 aliphatic rings. The Bertz CT molecular complexity index is 535. The van der Waals surface area contributed by atoms with Gasteiger partial charge in [-0.3, -0.25) is 4.79 Å². The van der Waals surface area contributed by atoms with Crippen molar-refractivity contribution in [3.05, 3.63) is 28.8 Å². The first-order valence-corrected chi connectivity index (χ1v) is 7.93. The van der Waals surface area contributed by atoms with E-state index in [1.165, 1.54) is 31.4 Å². The van der Waals surface area contributed by atoms with Crippen molar-refractivity contribution in [3.63, 3.8) is 0 Å². The summed E-state index contributed by atoms with van der Waals surface area (Å²) in [4.78, 5) is 14.8. The molecule has 2 fully saturated rings. The van der Waals surface area contributed by atoms with Gasteiger partial charge in [0.1, 0.15) is 5.75 Å². The van der Waals surface area contributed by atoms with E-state index in [4.69, 9.17) is 11.6 Å². The van der Waals surface area contributed by atoms with Gasteiger partial charge < -0.3 is 15.3 Å². The molecule has 2 saturated heterocycles. The summed E-state index contributed by atoms with van der Waals surface area (Å²) in [7, 11) is 2.20. The lowest BCUT2D eigenvalue weighted by Crippen LogP contribution is -2.55. The van der Waals surface area contributed by atoms with Crippen LogP contribution in [0.2, 0.25) is 5.02 Å². The molecule has 1 aromatic rings. The predicted molar refractivity (Wildman–Crippen MR) is 82.8 cm³/mol. The van der Waals surface area contributed by atoms with Crippen molar-refractivity contribution in [2.75, 3.05) is 7.05 Å². The lowest BCUT2D eigenvalue weighted by atomic mass is 9.82. The number of phenols is 1. The van der Waals surface area contributed by atoms with Gasteiger partial charge in [0.25, 0.3) is 5.91 Å². The molecule has 4 nitrogen and oxygen atoms in total. The Balaban J connectivity index is 1.66. The third-order valence-electron chi connectivity index (χ3n) is 4.88. The van der Waals surface area contributed by atoms with E-state index >= 15 is 0 Å². The molecule has 3 rings (SSSR count). The number of rotatable bonds is 2. The van der Waals surface area contributed by atoms with Crippen LogP contribution < -0.4 is 5.32 Å². The van der Waals surface area contributed by atoms with Crippen molar-refractivity contribution in [3.8, 4) is 5.75 Å². The third kappa shape index (κ3) is 3.01. The third-order valence-corrected chi connectivity index (χ3v) is 5.19. The first kappa shape index (κ1) is 14.7. The largest absolute Gasteiger partial charge is 0.506 e. The Morgan fingerprint density at radius 3 is 2.62 bits per heavy atom. The van der Waals surface area contributed by atoms with E-state index in [1.54, 1.807) is 6.07 Å². The van der Waals surface area contributed by atoms with Gasteiger partial charge in [0.15, 0.2) is 0 Å². The van der Waals surface area contributed by atoms with Crippen molar-refractivity contribution in [1.82, 2.24) is 10.2 Å². The van der Waals surface area contributed by atoms with E-state index in [0.29, 0.717) is 17.6 Å². The van der Waals surface area contributed by atoms with Crippen LogP contribution in [0.5, 0.6) is 5.75 Å². The smallest absolute Gasteiger partial charge is 0.251 e. The van der Waals surface area contributed by atoms with E-state index in [-0.39, 0.29) is 22.7 Å². The van der Waals surface area contributed by atoms with E-state index in [2.05, 4.69) is 17.3 Å². The van der Waals surface area contributed by atoms with Gasteiger partial charge in [-0.25, -0.2) is 0 Å². The quantitative estimate of drug-likeness (QED) is 0.883. The number of phenolic OH excluding ortho intramolecular Hbond substituents is 1. The molecule has 114 valence electrons. The fourth-order valence-electron chi connectivity index (χ4n) is 3.65. The highest BCUT2D eigenvalue weighted by atomic mass is 35.5. The number of carbonyl (C=O) groups is 1. The maximum absolute atomic E-state index is 12.3. The van der Waals surface area contributed by atoms with Gasteiger partial charge in [-0.1, -0.05) is 18.0 Å². The number of hydrogen-bond donors (Lipinski definition) is 2. The van der Waals surface area contributed by atoms with Gasteiger partial charge in [-0.2, -0.15) is 0 Å². The zero-order valence-corrected chi connectivity index (χ0v) is 12.9. The summed E-state index contributed by atoms with van der Waals surface area (Å²) in [5.74, 6) is -0.105. The Kier molecular flexibility index (Phi) is 4.09. The molecule has 2 heterocycles. The van der Waals surface area contributed by atoms with Crippen LogP contribution >= 0.6 is 11.6 Å². The lowest BCUT2D eigenvalue weighted by Gasteiger charge is -2.47. The van der Waals surface area contributed by atoms with Crippen LogP contribution in [-0.4, -0.2) is 41.1 Å². The van der Waals surface area contributed by atoms with Crippen molar-refractivity contribution >= 4 is 17.5 Å². The fourth-order valence-corrected chi connectivity index (χ4v) is 3.83. The molecule has 2 N–H and O–H groups in total. The molecule has 21 heavy (non-hydrogen) atoms.